The molecule has 0 radical (unpaired) electrons. The average Bonchev–Trinajstić information content (AvgIpc) is 2.17. The van der Waals surface area contributed by atoms with Crippen LogP contribution in [0.3, 0.4) is 0 Å². The Bertz CT molecular complexity index is 358. The van der Waals surface area contributed by atoms with Crippen LogP contribution in [-0.2, 0) is 5.88 Å². The first-order chi connectivity index (χ1) is 7.11. The molecular weight excluding hydrogens is 556 g/mol. The van der Waals surface area contributed by atoms with Crippen molar-refractivity contribution in [3.63, 3.8) is 0 Å². The van der Waals surface area contributed by atoms with Crippen LogP contribution in [0.15, 0.2) is 6.07 Å². The fourth-order valence-electron chi connectivity index (χ4n) is 1.01. The fourth-order valence-corrected chi connectivity index (χ4v) is 5.81. The van der Waals surface area contributed by atoms with Gasteiger partial charge < -0.3 is 9.84 Å². The number of alkyl halides is 1. The van der Waals surface area contributed by atoms with Crippen LogP contribution < -0.4 is 4.74 Å². The van der Waals surface area contributed by atoms with Crippen molar-refractivity contribution in [2.75, 3.05) is 13.2 Å². The van der Waals surface area contributed by atoms with Gasteiger partial charge in [-0.15, -0.1) is 11.6 Å². The molecule has 0 amide bonds. The molecule has 6 heteroatoms. The summed E-state index contributed by atoms with van der Waals surface area (Å²) in [6, 6.07) is 2.04. The number of halogens is 4. The number of hydrogen-bond donors (Lipinski definition) is 1. The molecule has 15 heavy (non-hydrogen) atoms. The summed E-state index contributed by atoms with van der Waals surface area (Å²) < 4.78 is 8.71. The predicted octanol–water partition coefficient (Wildman–Crippen LogP) is 3.61. The summed E-state index contributed by atoms with van der Waals surface area (Å²) in [5.74, 6) is 1.30. The van der Waals surface area contributed by atoms with Crippen molar-refractivity contribution in [3.05, 3.63) is 22.3 Å². The van der Waals surface area contributed by atoms with E-state index in [0.29, 0.717) is 12.5 Å². The second-order valence-corrected chi connectivity index (χ2v) is 6.34. The number of benzene rings is 1. The van der Waals surface area contributed by atoms with E-state index in [9.17, 15) is 0 Å². The highest BCUT2D eigenvalue weighted by Crippen LogP contribution is 2.34. The monoisotopic (exact) mass is 564 g/mol. The van der Waals surface area contributed by atoms with Crippen LogP contribution in [0.1, 0.15) is 5.56 Å². The minimum absolute atomic E-state index is 0.0222. The molecule has 1 aromatic carbocycles. The summed E-state index contributed by atoms with van der Waals surface area (Å²) in [6.07, 6.45) is 0. The van der Waals surface area contributed by atoms with Crippen molar-refractivity contribution in [1.29, 1.82) is 0 Å². The van der Waals surface area contributed by atoms with Crippen LogP contribution in [0.2, 0.25) is 0 Å². The first kappa shape index (κ1) is 14.5. The molecule has 0 aliphatic heterocycles. The summed E-state index contributed by atoms with van der Waals surface area (Å²) in [5.41, 5.74) is 1.09. The Morgan fingerprint density at radius 3 is 2.47 bits per heavy atom. The average molecular weight is 564 g/mol. The van der Waals surface area contributed by atoms with Gasteiger partial charge in [0.1, 0.15) is 12.4 Å². The second kappa shape index (κ2) is 7.02. The maximum absolute atomic E-state index is 8.73. The normalized spacial score (nSPS) is 10.5. The van der Waals surface area contributed by atoms with E-state index in [2.05, 4.69) is 67.8 Å². The van der Waals surface area contributed by atoms with E-state index in [4.69, 9.17) is 21.4 Å². The molecule has 0 aromatic heterocycles. The van der Waals surface area contributed by atoms with Crippen LogP contribution in [-0.4, -0.2) is 18.3 Å². The molecule has 0 fully saturated rings. The summed E-state index contributed by atoms with van der Waals surface area (Å²) >= 11 is 12.6. The van der Waals surface area contributed by atoms with Gasteiger partial charge in [0.15, 0.2) is 0 Å². The van der Waals surface area contributed by atoms with Crippen molar-refractivity contribution in [2.24, 2.45) is 0 Å². The second-order valence-electron chi connectivity index (χ2n) is 2.67. The van der Waals surface area contributed by atoms with Crippen LogP contribution in [0, 0.1) is 10.7 Å². The third-order valence-corrected chi connectivity index (χ3v) is 4.87. The summed E-state index contributed by atoms with van der Waals surface area (Å²) in [4.78, 5) is 0. The van der Waals surface area contributed by atoms with Crippen molar-refractivity contribution in [3.8, 4) is 5.75 Å². The van der Waals surface area contributed by atoms with Crippen molar-refractivity contribution in [2.45, 2.75) is 5.88 Å². The van der Waals surface area contributed by atoms with Gasteiger partial charge in [0.2, 0.25) is 0 Å². The minimum Gasteiger partial charge on any atom is -0.489 e. The largest absolute Gasteiger partial charge is 0.489 e. The van der Waals surface area contributed by atoms with E-state index >= 15 is 0 Å². The maximum atomic E-state index is 8.73. The molecule has 0 unspecified atom stereocenters. The van der Waals surface area contributed by atoms with Crippen LogP contribution >= 0.6 is 79.4 Å². The van der Waals surface area contributed by atoms with E-state index in [0.717, 1.165) is 22.0 Å². The van der Waals surface area contributed by atoms with E-state index < -0.39 is 0 Å². The highest BCUT2D eigenvalue weighted by atomic mass is 127. The maximum Gasteiger partial charge on any atom is 0.146 e. The lowest BCUT2D eigenvalue weighted by molar-refractivity contribution is 0.199. The van der Waals surface area contributed by atoms with Crippen LogP contribution in [0.25, 0.3) is 0 Å². The molecule has 0 bridgehead atoms. The molecule has 0 saturated heterocycles. The van der Waals surface area contributed by atoms with Gasteiger partial charge in [0.25, 0.3) is 0 Å². The molecular formula is C9H8ClI3O2. The van der Waals surface area contributed by atoms with Gasteiger partial charge in [0.05, 0.1) is 13.7 Å². The van der Waals surface area contributed by atoms with Crippen LogP contribution in [0.4, 0.5) is 0 Å². The molecule has 1 rings (SSSR count). The van der Waals surface area contributed by atoms with Crippen molar-refractivity contribution >= 4 is 79.4 Å². The lowest BCUT2D eigenvalue weighted by Gasteiger charge is -2.13. The lowest BCUT2D eigenvalue weighted by Crippen LogP contribution is -2.06. The lowest BCUT2D eigenvalue weighted by atomic mass is 10.2. The fraction of sp³-hybridized carbons (Fsp3) is 0.333. The third kappa shape index (κ3) is 3.71. The van der Waals surface area contributed by atoms with Gasteiger partial charge >= 0.3 is 0 Å². The van der Waals surface area contributed by atoms with Gasteiger partial charge in [-0.25, -0.2) is 0 Å². The summed E-state index contributed by atoms with van der Waals surface area (Å²) in [7, 11) is 0. The van der Waals surface area contributed by atoms with E-state index in [1.165, 1.54) is 0 Å². The first-order valence-electron chi connectivity index (χ1n) is 4.07. The Kier molecular flexibility index (Phi) is 6.79. The molecule has 0 saturated carbocycles. The molecule has 84 valence electrons. The Hall–Kier alpha value is 1.46. The number of rotatable bonds is 4. The zero-order valence-corrected chi connectivity index (χ0v) is 14.8. The highest BCUT2D eigenvalue weighted by molar-refractivity contribution is 14.1. The first-order valence-corrected chi connectivity index (χ1v) is 7.84. The molecule has 0 aliphatic rings. The number of aliphatic hydroxyl groups excluding tert-OH is 1. The van der Waals surface area contributed by atoms with E-state index in [1.54, 1.807) is 0 Å². The minimum atomic E-state index is 0.0222. The third-order valence-electron chi connectivity index (χ3n) is 1.69. The Morgan fingerprint density at radius 1 is 1.27 bits per heavy atom. The van der Waals surface area contributed by atoms with E-state index in [1.807, 2.05) is 6.07 Å². The Balaban J connectivity index is 3.14. The molecule has 1 N–H and O–H groups in total. The summed E-state index contributed by atoms with van der Waals surface area (Å²) in [5, 5.41) is 8.73. The number of ether oxygens (including phenoxy) is 1. The highest BCUT2D eigenvalue weighted by Gasteiger charge is 2.14. The standard InChI is InChI=1S/C9H8ClI3O2/c10-4-5-6(11)3-7(12)9(8(5)13)15-2-1-14/h3,14H,1-2,4H2. The van der Waals surface area contributed by atoms with Crippen molar-refractivity contribution in [1.82, 2.24) is 0 Å². The topological polar surface area (TPSA) is 29.5 Å². The molecule has 0 heterocycles. The Labute approximate surface area is 135 Å². The Morgan fingerprint density at radius 2 is 1.93 bits per heavy atom. The van der Waals surface area contributed by atoms with Crippen LogP contribution in [0.5, 0.6) is 5.75 Å². The molecule has 1 aromatic rings. The number of aliphatic hydroxyl groups is 1. The number of hydrogen-bond acceptors (Lipinski definition) is 2. The van der Waals surface area contributed by atoms with Gasteiger partial charge in [-0.3, -0.25) is 0 Å². The smallest absolute Gasteiger partial charge is 0.146 e. The SMILES string of the molecule is OCCOc1c(I)cc(I)c(CCl)c1I. The molecule has 0 spiro atoms. The zero-order chi connectivity index (χ0) is 11.4. The predicted molar refractivity (Wildman–Crippen MR) is 86.7 cm³/mol. The molecule has 0 atom stereocenters. The molecule has 2 nitrogen and oxygen atoms in total. The summed E-state index contributed by atoms with van der Waals surface area (Å²) in [6.45, 7) is 0.336. The van der Waals surface area contributed by atoms with Gasteiger partial charge in [-0.1, -0.05) is 0 Å². The molecule has 0 aliphatic carbocycles. The van der Waals surface area contributed by atoms with Gasteiger partial charge in [0, 0.05) is 9.45 Å². The van der Waals surface area contributed by atoms with E-state index in [-0.39, 0.29) is 6.61 Å². The van der Waals surface area contributed by atoms with Gasteiger partial charge in [-0.2, -0.15) is 0 Å². The quantitative estimate of drug-likeness (QED) is 0.448. The van der Waals surface area contributed by atoms with Gasteiger partial charge in [-0.05, 0) is 79.4 Å². The zero-order valence-electron chi connectivity index (χ0n) is 7.57. The van der Waals surface area contributed by atoms with Crippen molar-refractivity contribution < 1.29 is 9.84 Å².